The van der Waals surface area contributed by atoms with Gasteiger partial charge in [0, 0.05) is 6.66 Å². The molecular formula is C23H35F2N6O7P. The average Bonchev–Trinajstić information content (AvgIpc) is 3.36. The van der Waals surface area contributed by atoms with Crippen LogP contribution >= 0.6 is 7.52 Å². The lowest BCUT2D eigenvalue weighted by Gasteiger charge is -2.27. The first kappa shape index (κ1) is 29.5. The van der Waals surface area contributed by atoms with E-state index in [1.54, 1.807) is 6.92 Å². The van der Waals surface area contributed by atoms with Crippen LogP contribution in [0.5, 0.6) is 5.88 Å². The average molecular weight is 577 g/mol. The maximum absolute atomic E-state index is 15.8. The maximum Gasteiger partial charge on any atom is 0.323 e. The fourth-order valence-electron chi connectivity index (χ4n) is 4.79. The van der Waals surface area contributed by atoms with Crippen molar-refractivity contribution in [2.75, 3.05) is 25.6 Å². The molecule has 1 saturated carbocycles. The van der Waals surface area contributed by atoms with Gasteiger partial charge in [-0.25, -0.2) is 18.9 Å². The van der Waals surface area contributed by atoms with Gasteiger partial charge in [-0.15, -0.1) is 0 Å². The minimum absolute atomic E-state index is 0.0155. The topological polar surface area (TPSA) is 173 Å². The van der Waals surface area contributed by atoms with Crippen LogP contribution < -0.4 is 15.6 Å². The van der Waals surface area contributed by atoms with Crippen molar-refractivity contribution in [3.63, 3.8) is 0 Å². The standard InChI is InChI=1S/C23H35F2N6O7P/c1-5-35-17-15-16(28-21(26)29-17)31(12-27-15)20-22(3,33)19(24)23(25,38-20)11-36-39(4,34)30-13(2)18(32)37-14-9-7-6-8-10-14/h12-14,19-20,33H,5-11H2,1-4H3,(H,30,34)(H2,26,28,29)/t13-,19-,20+,22+,23+,39?/m0/s1. The largest absolute Gasteiger partial charge is 0.476 e. The van der Waals surface area contributed by atoms with Crippen molar-refractivity contribution in [3.8, 4) is 5.88 Å². The lowest BCUT2D eigenvalue weighted by atomic mass is 9.97. The molecule has 0 radical (unpaired) electrons. The van der Waals surface area contributed by atoms with Crippen molar-refractivity contribution < 1.29 is 42.0 Å². The molecule has 1 aliphatic heterocycles. The molecule has 0 aromatic carbocycles. The Morgan fingerprint density at radius 2 is 2.08 bits per heavy atom. The smallest absolute Gasteiger partial charge is 0.323 e. The Balaban J connectivity index is 1.46. The third kappa shape index (κ3) is 6.17. The summed E-state index contributed by atoms with van der Waals surface area (Å²) in [6.45, 7) is 4.41. The molecule has 0 spiro atoms. The summed E-state index contributed by atoms with van der Waals surface area (Å²) in [5, 5.41) is 13.4. The molecule has 4 N–H and O–H groups in total. The van der Waals surface area contributed by atoms with Crippen molar-refractivity contribution in [2.24, 2.45) is 0 Å². The van der Waals surface area contributed by atoms with Gasteiger partial charge in [-0.3, -0.25) is 13.9 Å². The van der Waals surface area contributed by atoms with Gasteiger partial charge >= 0.3 is 5.97 Å². The zero-order valence-corrected chi connectivity index (χ0v) is 23.2. The van der Waals surface area contributed by atoms with Crippen LogP contribution in [0.15, 0.2) is 6.33 Å². The van der Waals surface area contributed by atoms with Crippen LogP contribution in [0.4, 0.5) is 14.7 Å². The van der Waals surface area contributed by atoms with Gasteiger partial charge in [0.1, 0.15) is 24.4 Å². The van der Waals surface area contributed by atoms with Crippen LogP contribution in [0.25, 0.3) is 11.2 Å². The molecule has 1 unspecified atom stereocenters. The summed E-state index contributed by atoms with van der Waals surface area (Å²) in [7, 11) is -3.85. The number of carbonyl (C=O) groups is 1. The zero-order chi connectivity index (χ0) is 28.6. The molecule has 2 aliphatic rings. The molecule has 4 rings (SSSR count). The number of ether oxygens (including phenoxy) is 3. The van der Waals surface area contributed by atoms with E-state index in [0.717, 1.165) is 56.6 Å². The molecule has 2 aromatic heterocycles. The van der Waals surface area contributed by atoms with Gasteiger partial charge < -0.3 is 29.6 Å². The van der Waals surface area contributed by atoms with Gasteiger partial charge in [0.25, 0.3) is 13.4 Å². The number of anilines is 1. The number of nitrogens with two attached hydrogens (primary N) is 1. The minimum Gasteiger partial charge on any atom is -0.476 e. The number of hydrogen-bond acceptors (Lipinski definition) is 11. The van der Waals surface area contributed by atoms with Crippen LogP contribution in [0.2, 0.25) is 0 Å². The lowest BCUT2D eigenvalue weighted by molar-refractivity contribution is -0.191. The summed E-state index contributed by atoms with van der Waals surface area (Å²) in [5.74, 6) is -3.97. The van der Waals surface area contributed by atoms with E-state index < -0.39 is 50.0 Å². The summed E-state index contributed by atoms with van der Waals surface area (Å²) < 4.78 is 66.7. The summed E-state index contributed by atoms with van der Waals surface area (Å²) >= 11 is 0. The van der Waals surface area contributed by atoms with Gasteiger partial charge in [0.15, 0.2) is 23.6 Å². The SMILES string of the molecule is CCOc1nc(N)nc2c1ncn2[C@@H]1O[C@](F)(COP(C)(=O)N[C@@H](C)C(=O)OC2CCCCC2)[C@@H](F)[C@@]1(C)O. The monoisotopic (exact) mass is 576 g/mol. The fourth-order valence-corrected chi connectivity index (χ4v) is 6.10. The molecule has 0 bridgehead atoms. The first-order valence-electron chi connectivity index (χ1n) is 12.8. The highest BCUT2D eigenvalue weighted by atomic mass is 31.2. The van der Waals surface area contributed by atoms with E-state index in [4.69, 9.17) is 24.5 Å². The Kier molecular flexibility index (Phi) is 8.48. The number of rotatable bonds is 10. The van der Waals surface area contributed by atoms with E-state index in [2.05, 4.69) is 20.0 Å². The molecule has 2 fully saturated rings. The number of aromatic nitrogens is 4. The van der Waals surface area contributed by atoms with Gasteiger partial charge in [-0.2, -0.15) is 9.97 Å². The summed E-state index contributed by atoms with van der Waals surface area (Å²) in [4.78, 5) is 24.6. The Labute approximate surface area is 224 Å². The number of alkyl halides is 2. The summed E-state index contributed by atoms with van der Waals surface area (Å²) in [6, 6.07) is -1.03. The molecule has 39 heavy (non-hydrogen) atoms. The van der Waals surface area contributed by atoms with Gasteiger partial charge in [-0.05, 0) is 46.5 Å². The molecule has 1 saturated heterocycles. The predicted molar refractivity (Wildman–Crippen MR) is 135 cm³/mol. The Morgan fingerprint density at radius 3 is 2.74 bits per heavy atom. The Hall–Kier alpha value is -2.45. The molecule has 3 heterocycles. The first-order valence-corrected chi connectivity index (χ1v) is 14.9. The summed E-state index contributed by atoms with van der Waals surface area (Å²) in [6.07, 6.45) is 1.20. The van der Waals surface area contributed by atoms with Crippen molar-refractivity contribution in [1.82, 2.24) is 24.6 Å². The minimum atomic E-state index is -3.85. The molecule has 16 heteroatoms. The molecule has 0 amide bonds. The van der Waals surface area contributed by atoms with Gasteiger partial charge in [-0.1, -0.05) is 6.42 Å². The number of esters is 1. The number of nitrogens with one attached hydrogen (secondary N) is 1. The van der Waals surface area contributed by atoms with Crippen LogP contribution in [0, 0.1) is 0 Å². The van der Waals surface area contributed by atoms with E-state index in [9.17, 15) is 14.5 Å². The van der Waals surface area contributed by atoms with E-state index in [1.807, 2.05) is 0 Å². The van der Waals surface area contributed by atoms with E-state index in [-0.39, 0.29) is 35.7 Å². The van der Waals surface area contributed by atoms with Crippen molar-refractivity contribution in [2.45, 2.75) is 88.9 Å². The number of nitrogen functional groups attached to an aromatic ring is 1. The first-order chi connectivity index (χ1) is 18.3. The van der Waals surface area contributed by atoms with Crippen LogP contribution in [-0.4, -0.2) is 80.2 Å². The van der Waals surface area contributed by atoms with Crippen molar-refractivity contribution in [3.05, 3.63) is 6.33 Å². The third-order valence-corrected chi connectivity index (χ3v) is 8.24. The fraction of sp³-hybridized carbons (Fsp3) is 0.739. The Morgan fingerprint density at radius 1 is 1.38 bits per heavy atom. The predicted octanol–water partition coefficient (Wildman–Crippen LogP) is 2.78. The van der Waals surface area contributed by atoms with Crippen molar-refractivity contribution >= 4 is 30.6 Å². The molecule has 6 atom stereocenters. The maximum atomic E-state index is 15.8. The second kappa shape index (κ2) is 11.2. The molecule has 1 aliphatic carbocycles. The molecule has 218 valence electrons. The second-order valence-electron chi connectivity index (χ2n) is 10.2. The highest BCUT2D eigenvalue weighted by molar-refractivity contribution is 7.56. The lowest BCUT2D eigenvalue weighted by Crippen LogP contribution is -2.46. The quantitative estimate of drug-likeness (QED) is 0.279. The Bertz CT molecular complexity index is 1240. The third-order valence-electron chi connectivity index (χ3n) is 6.76. The van der Waals surface area contributed by atoms with E-state index in [1.165, 1.54) is 6.92 Å². The number of imidazole rings is 1. The van der Waals surface area contributed by atoms with Gasteiger partial charge in [0.05, 0.1) is 12.9 Å². The highest BCUT2D eigenvalue weighted by Gasteiger charge is 2.65. The number of nitrogens with zero attached hydrogens (tertiary/aromatic N) is 4. The second-order valence-corrected chi connectivity index (χ2v) is 12.4. The highest BCUT2D eigenvalue weighted by Crippen LogP contribution is 2.50. The van der Waals surface area contributed by atoms with Crippen molar-refractivity contribution in [1.29, 1.82) is 0 Å². The number of halogens is 2. The number of hydrogen-bond donors (Lipinski definition) is 3. The van der Waals surface area contributed by atoms with E-state index >= 15 is 8.78 Å². The molecule has 2 aromatic rings. The number of carbonyl (C=O) groups excluding carboxylic acids is 1. The van der Waals surface area contributed by atoms with E-state index in [0.29, 0.717) is 0 Å². The molecular weight excluding hydrogens is 541 g/mol. The van der Waals surface area contributed by atoms with Gasteiger partial charge in [0.2, 0.25) is 11.8 Å². The van der Waals surface area contributed by atoms with Crippen LogP contribution in [0.3, 0.4) is 0 Å². The normalized spacial score (nSPS) is 30.2. The summed E-state index contributed by atoms with van der Waals surface area (Å²) in [5.41, 5.74) is 3.48. The zero-order valence-electron chi connectivity index (χ0n) is 22.3. The van der Waals surface area contributed by atoms with Crippen LogP contribution in [0.1, 0.15) is 59.1 Å². The van der Waals surface area contributed by atoms with Crippen LogP contribution in [-0.2, 0) is 23.4 Å². The molecule has 13 nitrogen and oxygen atoms in total. The number of aliphatic hydroxyl groups is 1. The number of fused-ring (bicyclic) bond motifs is 1.